The first kappa shape index (κ1) is 16.7. The van der Waals surface area contributed by atoms with Crippen molar-refractivity contribution in [2.24, 2.45) is 7.05 Å². The molecule has 0 saturated heterocycles. The number of hydrogen-bond acceptors (Lipinski definition) is 3. The molecule has 124 valence electrons. The van der Waals surface area contributed by atoms with Gasteiger partial charge in [-0.05, 0) is 46.3 Å². The molecule has 5 nitrogen and oxygen atoms in total. The van der Waals surface area contributed by atoms with E-state index in [9.17, 15) is 9.59 Å². The lowest BCUT2D eigenvalue weighted by Gasteiger charge is -2.16. The zero-order valence-electron chi connectivity index (χ0n) is 13.2. The van der Waals surface area contributed by atoms with Gasteiger partial charge in [0.15, 0.2) is 0 Å². The summed E-state index contributed by atoms with van der Waals surface area (Å²) >= 11 is 4.69. The van der Waals surface area contributed by atoms with Gasteiger partial charge in [0.25, 0.3) is 5.91 Å². The van der Waals surface area contributed by atoms with Gasteiger partial charge in [-0.1, -0.05) is 6.07 Å². The van der Waals surface area contributed by atoms with Crippen molar-refractivity contribution in [3.63, 3.8) is 0 Å². The quantitative estimate of drug-likeness (QED) is 0.718. The van der Waals surface area contributed by atoms with Crippen LogP contribution in [-0.4, -0.2) is 34.9 Å². The number of carbonyl (C=O) groups is 2. The predicted molar refractivity (Wildman–Crippen MR) is 101 cm³/mol. The maximum absolute atomic E-state index is 12.3. The number of nitrogens with one attached hydrogen (secondary N) is 1. The lowest BCUT2D eigenvalue weighted by atomic mass is 10.2. The Kier molecular flexibility index (Phi) is 4.73. The summed E-state index contributed by atoms with van der Waals surface area (Å²) in [5.74, 6) is -0.392. The molecular weight excluding hydrogens is 390 g/mol. The summed E-state index contributed by atoms with van der Waals surface area (Å²) in [5, 5.41) is 3.87. The summed E-state index contributed by atoms with van der Waals surface area (Å²) < 4.78 is 2.88. The van der Waals surface area contributed by atoms with Gasteiger partial charge in [-0.15, -0.1) is 11.3 Å². The largest absolute Gasteiger partial charge is 0.350 e. The molecule has 2 heterocycles. The Bertz CT molecular complexity index is 916. The molecule has 2 amide bonds. The molecule has 0 aliphatic heterocycles. The lowest BCUT2D eigenvalue weighted by Crippen LogP contribution is -2.34. The van der Waals surface area contributed by atoms with E-state index in [1.165, 1.54) is 16.2 Å². The molecule has 0 atom stereocenters. The fraction of sp³-hybridized carbons (Fsp3) is 0.176. The Morgan fingerprint density at radius 3 is 2.75 bits per heavy atom. The molecular formula is C17H16BrN3O2S. The van der Waals surface area contributed by atoms with E-state index in [1.54, 1.807) is 13.1 Å². The molecule has 0 aliphatic carbocycles. The van der Waals surface area contributed by atoms with Crippen molar-refractivity contribution in [1.29, 1.82) is 0 Å². The number of anilines is 1. The van der Waals surface area contributed by atoms with Crippen molar-refractivity contribution in [1.82, 2.24) is 9.47 Å². The number of thiophene rings is 1. The topological polar surface area (TPSA) is 54.3 Å². The van der Waals surface area contributed by atoms with Crippen LogP contribution in [0.25, 0.3) is 10.9 Å². The maximum atomic E-state index is 12.3. The smallest absolute Gasteiger partial charge is 0.264 e. The van der Waals surface area contributed by atoms with Gasteiger partial charge in [-0.2, -0.15) is 0 Å². The van der Waals surface area contributed by atoms with Crippen LogP contribution in [0, 0.1) is 0 Å². The van der Waals surface area contributed by atoms with Crippen LogP contribution < -0.4 is 5.32 Å². The third kappa shape index (κ3) is 3.37. The van der Waals surface area contributed by atoms with Gasteiger partial charge >= 0.3 is 0 Å². The average molecular weight is 406 g/mol. The van der Waals surface area contributed by atoms with Crippen LogP contribution in [-0.2, 0) is 11.8 Å². The number of carbonyl (C=O) groups excluding carboxylic acids is 2. The van der Waals surface area contributed by atoms with Crippen LogP contribution in [0.3, 0.4) is 0 Å². The molecule has 0 unspecified atom stereocenters. The van der Waals surface area contributed by atoms with Crippen molar-refractivity contribution in [2.75, 3.05) is 18.9 Å². The number of amides is 2. The van der Waals surface area contributed by atoms with Crippen LogP contribution in [0.5, 0.6) is 0 Å². The Balaban J connectivity index is 1.69. The first-order valence-corrected chi connectivity index (χ1v) is 8.91. The molecule has 0 spiro atoms. The standard InChI is InChI=1S/C17H16BrN3O2S/c1-20-9-8-11-12(4-3-5-13(11)20)19-16(22)10-21(2)17(23)14-6-7-15(18)24-14/h3-9H,10H2,1-2H3,(H,19,22). The zero-order chi connectivity index (χ0) is 17.3. The minimum absolute atomic E-state index is 0.00241. The molecule has 3 rings (SSSR count). The normalized spacial score (nSPS) is 10.8. The number of aromatic nitrogens is 1. The molecule has 24 heavy (non-hydrogen) atoms. The number of hydrogen-bond donors (Lipinski definition) is 1. The van der Waals surface area contributed by atoms with E-state index < -0.39 is 0 Å². The summed E-state index contributed by atoms with van der Waals surface area (Å²) in [5.41, 5.74) is 1.79. The van der Waals surface area contributed by atoms with E-state index in [4.69, 9.17) is 0 Å². The average Bonchev–Trinajstić information content (AvgIpc) is 3.14. The maximum Gasteiger partial charge on any atom is 0.264 e. The van der Waals surface area contributed by atoms with E-state index >= 15 is 0 Å². The Morgan fingerprint density at radius 1 is 1.25 bits per heavy atom. The van der Waals surface area contributed by atoms with Crippen LogP contribution in [0.15, 0.2) is 46.4 Å². The van der Waals surface area contributed by atoms with Crippen LogP contribution in [0.1, 0.15) is 9.67 Å². The third-order valence-electron chi connectivity index (χ3n) is 3.71. The summed E-state index contributed by atoms with van der Waals surface area (Å²) in [6.07, 6.45) is 1.95. The van der Waals surface area contributed by atoms with Crippen LogP contribution in [0.4, 0.5) is 5.69 Å². The summed E-state index contributed by atoms with van der Waals surface area (Å²) in [4.78, 5) is 26.6. The highest BCUT2D eigenvalue weighted by Crippen LogP contribution is 2.24. The lowest BCUT2D eigenvalue weighted by molar-refractivity contribution is -0.116. The second-order valence-corrected chi connectivity index (χ2v) is 7.94. The molecule has 2 aromatic heterocycles. The number of likely N-dealkylation sites (N-methyl/N-ethyl adjacent to an activating group) is 1. The van der Waals surface area contributed by atoms with E-state index in [0.717, 1.165) is 20.4 Å². The molecule has 0 bridgehead atoms. The number of benzene rings is 1. The number of fused-ring (bicyclic) bond motifs is 1. The SMILES string of the molecule is CN(CC(=O)Nc1cccc2c1ccn2C)C(=O)c1ccc(Br)s1. The second kappa shape index (κ2) is 6.78. The van der Waals surface area contributed by atoms with E-state index in [-0.39, 0.29) is 18.4 Å². The fourth-order valence-electron chi connectivity index (χ4n) is 2.51. The van der Waals surface area contributed by atoms with E-state index in [0.29, 0.717) is 4.88 Å². The summed E-state index contributed by atoms with van der Waals surface area (Å²) in [6, 6.07) is 11.3. The minimum Gasteiger partial charge on any atom is -0.350 e. The van der Waals surface area contributed by atoms with Gasteiger partial charge in [0, 0.05) is 31.2 Å². The van der Waals surface area contributed by atoms with Crippen molar-refractivity contribution >= 4 is 55.7 Å². The highest BCUT2D eigenvalue weighted by atomic mass is 79.9. The third-order valence-corrected chi connectivity index (χ3v) is 5.33. The van der Waals surface area contributed by atoms with Crippen molar-refractivity contribution < 1.29 is 9.59 Å². The Morgan fingerprint density at radius 2 is 2.04 bits per heavy atom. The highest BCUT2D eigenvalue weighted by Gasteiger charge is 2.17. The summed E-state index contributed by atoms with van der Waals surface area (Å²) in [7, 11) is 3.58. The Hall–Kier alpha value is -2.12. The second-order valence-electron chi connectivity index (χ2n) is 5.48. The molecule has 0 saturated carbocycles. The van der Waals surface area contributed by atoms with Crippen LogP contribution >= 0.6 is 27.3 Å². The number of nitrogens with zero attached hydrogens (tertiary/aromatic N) is 2. The number of halogens is 1. The zero-order valence-corrected chi connectivity index (χ0v) is 15.6. The molecule has 0 radical (unpaired) electrons. The van der Waals surface area contributed by atoms with Crippen molar-refractivity contribution in [3.8, 4) is 0 Å². The molecule has 3 aromatic rings. The van der Waals surface area contributed by atoms with E-state index in [1.807, 2.05) is 48.1 Å². The number of rotatable bonds is 4. The van der Waals surface area contributed by atoms with Gasteiger partial charge in [0.2, 0.25) is 5.91 Å². The van der Waals surface area contributed by atoms with Gasteiger partial charge in [0.05, 0.1) is 20.9 Å². The molecule has 1 aromatic carbocycles. The first-order chi connectivity index (χ1) is 11.5. The van der Waals surface area contributed by atoms with Gasteiger partial charge in [-0.25, -0.2) is 0 Å². The molecule has 1 N–H and O–H groups in total. The van der Waals surface area contributed by atoms with Gasteiger partial charge in [-0.3, -0.25) is 9.59 Å². The molecule has 0 fully saturated rings. The van der Waals surface area contributed by atoms with Crippen LogP contribution in [0.2, 0.25) is 0 Å². The van der Waals surface area contributed by atoms with E-state index in [2.05, 4.69) is 21.2 Å². The molecule has 7 heteroatoms. The fourth-order valence-corrected chi connectivity index (χ4v) is 3.89. The minimum atomic E-state index is -0.224. The monoisotopic (exact) mass is 405 g/mol. The highest BCUT2D eigenvalue weighted by molar-refractivity contribution is 9.11. The Labute approximate surface area is 152 Å². The van der Waals surface area contributed by atoms with Crippen molar-refractivity contribution in [3.05, 3.63) is 51.3 Å². The number of aryl methyl sites for hydroxylation is 1. The van der Waals surface area contributed by atoms with Crippen molar-refractivity contribution in [2.45, 2.75) is 0 Å². The first-order valence-electron chi connectivity index (χ1n) is 7.30. The predicted octanol–water partition coefficient (Wildman–Crippen LogP) is 3.71. The van der Waals surface area contributed by atoms with Gasteiger partial charge < -0.3 is 14.8 Å². The molecule has 0 aliphatic rings. The van der Waals surface area contributed by atoms with Gasteiger partial charge in [0.1, 0.15) is 0 Å². The summed E-state index contributed by atoms with van der Waals surface area (Å²) in [6.45, 7) is -0.00241.